The van der Waals surface area contributed by atoms with E-state index in [9.17, 15) is 0 Å². The number of rotatable bonds is 6. The predicted octanol–water partition coefficient (Wildman–Crippen LogP) is 3.02. The predicted molar refractivity (Wildman–Crippen MR) is 116 cm³/mol. The van der Waals surface area contributed by atoms with Crippen LogP contribution in [0.2, 0.25) is 0 Å². The number of thioether (sulfide) groups is 1. The Morgan fingerprint density at radius 2 is 1.74 bits per heavy atom. The van der Waals surface area contributed by atoms with Crippen molar-refractivity contribution in [3.63, 3.8) is 0 Å². The third-order valence-corrected chi connectivity index (χ3v) is 5.48. The Morgan fingerprint density at radius 3 is 2.52 bits per heavy atom. The topological polar surface area (TPSA) is 57.2 Å². The number of amidine groups is 1. The molecule has 0 amide bonds. The van der Waals surface area contributed by atoms with E-state index in [4.69, 9.17) is 5.73 Å². The zero-order valence-corrected chi connectivity index (χ0v) is 16.6. The van der Waals surface area contributed by atoms with Crippen LogP contribution in [0.15, 0.2) is 64.8 Å². The van der Waals surface area contributed by atoms with Crippen LogP contribution in [0, 0.1) is 0 Å². The maximum Gasteiger partial charge on any atom is 0.180 e. The van der Waals surface area contributed by atoms with E-state index in [1.807, 2.05) is 24.3 Å². The van der Waals surface area contributed by atoms with Crippen LogP contribution >= 0.6 is 11.8 Å². The smallest absolute Gasteiger partial charge is 0.180 e. The van der Waals surface area contributed by atoms with Gasteiger partial charge in [-0.2, -0.15) is 5.10 Å². The first-order chi connectivity index (χ1) is 13.2. The molecule has 0 atom stereocenters. The molecule has 142 valence electrons. The molecule has 27 heavy (non-hydrogen) atoms. The largest absolute Gasteiger partial charge is 0.377 e. The Balaban J connectivity index is 1.56. The molecule has 1 aliphatic heterocycles. The molecule has 2 aromatic carbocycles. The SMILES string of the molecule is CN1CCN(Cc2ccccc2C=NN=C(N)SCc2ccccc2)CC1. The summed E-state index contributed by atoms with van der Waals surface area (Å²) < 4.78 is 0. The number of piperazine rings is 1. The molecule has 2 N–H and O–H groups in total. The first-order valence-electron chi connectivity index (χ1n) is 9.23. The minimum atomic E-state index is 0.478. The fraction of sp³-hybridized carbons (Fsp3) is 0.333. The van der Waals surface area contributed by atoms with E-state index in [1.54, 1.807) is 6.21 Å². The molecule has 2 aromatic rings. The number of nitrogens with zero attached hydrogens (tertiary/aromatic N) is 4. The highest BCUT2D eigenvalue weighted by atomic mass is 32.2. The van der Waals surface area contributed by atoms with Crippen LogP contribution in [-0.4, -0.2) is 54.4 Å². The lowest BCUT2D eigenvalue weighted by atomic mass is 10.1. The molecule has 1 saturated heterocycles. The lowest BCUT2D eigenvalue weighted by Crippen LogP contribution is -2.44. The number of nitrogens with two attached hydrogens (primary N) is 1. The summed E-state index contributed by atoms with van der Waals surface area (Å²) >= 11 is 1.50. The third-order valence-electron chi connectivity index (χ3n) is 4.63. The molecule has 0 aromatic heterocycles. The Hall–Kier alpha value is -2.15. The van der Waals surface area contributed by atoms with Crippen molar-refractivity contribution in [3.05, 3.63) is 71.3 Å². The lowest BCUT2D eigenvalue weighted by molar-refractivity contribution is 0.148. The zero-order valence-electron chi connectivity index (χ0n) is 15.8. The highest BCUT2D eigenvalue weighted by Gasteiger charge is 2.14. The van der Waals surface area contributed by atoms with E-state index in [-0.39, 0.29) is 0 Å². The fourth-order valence-corrected chi connectivity index (χ4v) is 3.57. The van der Waals surface area contributed by atoms with Crippen molar-refractivity contribution in [1.82, 2.24) is 9.80 Å². The van der Waals surface area contributed by atoms with Crippen LogP contribution in [0.25, 0.3) is 0 Å². The van der Waals surface area contributed by atoms with E-state index in [1.165, 1.54) is 22.9 Å². The molecule has 1 heterocycles. The molecule has 3 rings (SSSR count). The molecule has 0 aliphatic carbocycles. The molecule has 0 spiro atoms. The molecular formula is C21H27N5S. The summed E-state index contributed by atoms with van der Waals surface area (Å²) in [6.45, 7) is 5.38. The van der Waals surface area contributed by atoms with Crippen LogP contribution < -0.4 is 5.73 Å². The summed E-state index contributed by atoms with van der Waals surface area (Å²) in [5, 5.41) is 8.83. The molecule has 5 nitrogen and oxygen atoms in total. The van der Waals surface area contributed by atoms with Crippen molar-refractivity contribution in [2.75, 3.05) is 33.2 Å². The van der Waals surface area contributed by atoms with Gasteiger partial charge in [-0.15, -0.1) is 5.10 Å². The van der Waals surface area contributed by atoms with Gasteiger partial charge in [0, 0.05) is 38.5 Å². The average molecular weight is 382 g/mol. The van der Waals surface area contributed by atoms with Gasteiger partial charge in [0.15, 0.2) is 5.17 Å². The van der Waals surface area contributed by atoms with E-state index >= 15 is 0 Å². The first kappa shape index (κ1) is 19.6. The van der Waals surface area contributed by atoms with Gasteiger partial charge in [-0.3, -0.25) is 4.90 Å². The second-order valence-electron chi connectivity index (χ2n) is 6.74. The summed E-state index contributed by atoms with van der Waals surface area (Å²) in [5.41, 5.74) is 9.57. The van der Waals surface area contributed by atoms with Gasteiger partial charge in [-0.05, 0) is 23.7 Å². The number of hydrogen-bond donors (Lipinski definition) is 1. The monoisotopic (exact) mass is 381 g/mol. The van der Waals surface area contributed by atoms with Crippen LogP contribution in [0.4, 0.5) is 0 Å². The van der Waals surface area contributed by atoms with Crippen LogP contribution in [0.3, 0.4) is 0 Å². The number of benzene rings is 2. The van der Waals surface area contributed by atoms with E-state index in [0.29, 0.717) is 5.17 Å². The second kappa shape index (κ2) is 10.3. The van der Waals surface area contributed by atoms with Gasteiger partial charge in [0.25, 0.3) is 0 Å². The zero-order chi connectivity index (χ0) is 18.9. The van der Waals surface area contributed by atoms with Gasteiger partial charge < -0.3 is 10.6 Å². The van der Waals surface area contributed by atoms with Crippen molar-refractivity contribution in [2.24, 2.45) is 15.9 Å². The quantitative estimate of drug-likeness (QED) is 0.475. The standard InChI is InChI=1S/C21H27N5S/c1-25-11-13-26(14-12-25)16-20-10-6-5-9-19(20)15-23-24-21(22)27-17-18-7-3-2-4-8-18/h2-10,15H,11-14,16-17H2,1H3,(H2,22,24). The Bertz CT molecular complexity index is 767. The summed E-state index contributed by atoms with van der Waals surface area (Å²) in [6, 6.07) is 18.6. The van der Waals surface area contributed by atoms with Crippen LogP contribution in [0.1, 0.15) is 16.7 Å². The lowest BCUT2D eigenvalue weighted by Gasteiger charge is -2.32. The Kier molecular flexibility index (Phi) is 7.45. The molecule has 6 heteroatoms. The molecule has 0 bridgehead atoms. The van der Waals surface area contributed by atoms with Crippen molar-refractivity contribution in [1.29, 1.82) is 0 Å². The third kappa shape index (κ3) is 6.50. The Labute approximate surface area is 166 Å². The van der Waals surface area contributed by atoms with Crippen molar-refractivity contribution >= 4 is 23.1 Å². The normalized spacial score (nSPS) is 16.9. The summed E-state index contributed by atoms with van der Waals surface area (Å²) in [5.74, 6) is 0.797. The second-order valence-corrected chi connectivity index (χ2v) is 7.73. The highest BCUT2D eigenvalue weighted by molar-refractivity contribution is 8.13. The van der Waals surface area contributed by atoms with E-state index in [0.717, 1.165) is 44.0 Å². The van der Waals surface area contributed by atoms with Gasteiger partial charge in [0.05, 0.1) is 6.21 Å². The minimum Gasteiger partial charge on any atom is -0.377 e. The average Bonchev–Trinajstić information content (AvgIpc) is 2.70. The van der Waals surface area contributed by atoms with Crippen LogP contribution in [0.5, 0.6) is 0 Å². The highest BCUT2D eigenvalue weighted by Crippen LogP contribution is 2.13. The van der Waals surface area contributed by atoms with Gasteiger partial charge >= 0.3 is 0 Å². The molecule has 0 saturated carbocycles. The molecule has 1 aliphatic rings. The van der Waals surface area contributed by atoms with Gasteiger partial charge in [-0.1, -0.05) is 66.4 Å². The number of hydrogen-bond acceptors (Lipinski definition) is 5. The molecule has 0 radical (unpaired) electrons. The summed E-state index contributed by atoms with van der Waals surface area (Å²) in [7, 11) is 2.18. The van der Waals surface area contributed by atoms with Crippen molar-refractivity contribution < 1.29 is 0 Å². The summed E-state index contributed by atoms with van der Waals surface area (Å²) in [6.07, 6.45) is 1.81. The van der Waals surface area contributed by atoms with Crippen molar-refractivity contribution in [2.45, 2.75) is 12.3 Å². The minimum absolute atomic E-state index is 0.478. The van der Waals surface area contributed by atoms with E-state index in [2.05, 4.69) is 57.4 Å². The van der Waals surface area contributed by atoms with Gasteiger partial charge in [0.1, 0.15) is 0 Å². The molecule has 1 fully saturated rings. The van der Waals surface area contributed by atoms with E-state index < -0.39 is 0 Å². The molecular weight excluding hydrogens is 354 g/mol. The van der Waals surface area contributed by atoms with Crippen LogP contribution in [-0.2, 0) is 12.3 Å². The van der Waals surface area contributed by atoms with Crippen molar-refractivity contribution in [3.8, 4) is 0 Å². The molecule has 0 unspecified atom stereocenters. The number of likely N-dealkylation sites (N-methyl/N-ethyl adjacent to an activating group) is 1. The Morgan fingerprint density at radius 1 is 1.04 bits per heavy atom. The maximum atomic E-state index is 5.97. The fourth-order valence-electron chi connectivity index (χ4n) is 2.96. The summed E-state index contributed by atoms with van der Waals surface area (Å²) in [4.78, 5) is 4.86. The maximum absolute atomic E-state index is 5.97. The van der Waals surface area contributed by atoms with Gasteiger partial charge in [0.2, 0.25) is 0 Å². The van der Waals surface area contributed by atoms with Gasteiger partial charge in [-0.25, -0.2) is 0 Å². The first-order valence-corrected chi connectivity index (χ1v) is 10.2.